The Hall–Kier alpha value is -3.14. The molecule has 10 nitrogen and oxygen atoms in total. The number of alkyl halides is 3. The predicted molar refractivity (Wildman–Crippen MR) is 180 cm³/mol. The van der Waals surface area contributed by atoms with Crippen molar-refractivity contribution in [2.75, 3.05) is 46.7 Å². The minimum atomic E-state index is -3.95. The van der Waals surface area contributed by atoms with Gasteiger partial charge in [0.2, 0.25) is 28.8 Å². The Kier molecular flexibility index (Phi) is 20.8. The molecule has 48 heavy (non-hydrogen) atoms. The Morgan fingerprint density at radius 3 is 2.12 bits per heavy atom. The fourth-order valence-corrected chi connectivity index (χ4v) is 6.89. The van der Waals surface area contributed by atoms with Crippen LogP contribution in [0.3, 0.4) is 0 Å². The summed E-state index contributed by atoms with van der Waals surface area (Å²) >= 11 is 0. The molecule has 1 fully saturated rings. The monoisotopic (exact) mass is 700 g/mol. The second-order valence-corrected chi connectivity index (χ2v) is 14.2. The summed E-state index contributed by atoms with van der Waals surface area (Å²) in [5.41, 5.74) is 0.726. The summed E-state index contributed by atoms with van der Waals surface area (Å²) in [5, 5.41) is 26.8. The lowest BCUT2D eigenvalue weighted by atomic mass is 9.82. The minimum Gasteiger partial charge on any atom is -0.389 e. The maximum absolute atomic E-state index is 13.7. The number of rotatable bonds is 19. The molecular weight excluding hydrogens is 649 g/mol. The average Bonchev–Trinajstić information content (AvgIpc) is 3.07. The van der Waals surface area contributed by atoms with Crippen molar-refractivity contribution in [1.29, 1.82) is 0 Å². The molecule has 1 aliphatic carbocycles. The molecule has 1 aromatic rings. The second kappa shape index (κ2) is 23.3. The van der Waals surface area contributed by atoms with Crippen molar-refractivity contribution in [2.24, 2.45) is 11.8 Å². The average molecular weight is 701 g/mol. The van der Waals surface area contributed by atoms with Crippen LogP contribution in [0.2, 0.25) is 0 Å². The largest absolute Gasteiger partial charge is 0.389 e. The molecule has 4 unspecified atom stereocenters. The molecule has 270 valence electrons. The third-order valence-corrected chi connectivity index (χ3v) is 10.3. The van der Waals surface area contributed by atoms with Crippen LogP contribution in [-0.4, -0.2) is 111 Å². The van der Waals surface area contributed by atoms with E-state index >= 15 is 0 Å². The molecule has 1 saturated carbocycles. The van der Waals surface area contributed by atoms with Crippen molar-refractivity contribution >= 4 is 21.8 Å². The number of sulfonamides is 1. The van der Waals surface area contributed by atoms with E-state index in [1.807, 2.05) is 0 Å². The first-order valence-corrected chi connectivity index (χ1v) is 17.6. The number of benzene rings is 1. The number of carbonyl (C=O) groups is 2. The van der Waals surface area contributed by atoms with E-state index in [4.69, 9.17) is 12.8 Å². The topological polar surface area (TPSA) is 139 Å². The van der Waals surface area contributed by atoms with Crippen LogP contribution < -0.4 is 10.6 Å². The number of nitrogens with one attached hydrogen (secondary N) is 2. The lowest BCUT2D eigenvalue weighted by Crippen LogP contribution is -2.56. The number of terminal acetylenes is 2. The van der Waals surface area contributed by atoms with E-state index in [9.17, 15) is 41.4 Å². The zero-order valence-electron chi connectivity index (χ0n) is 27.9. The first-order valence-electron chi connectivity index (χ1n) is 16.0. The highest BCUT2D eigenvalue weighted by Gasteiger charge is 2.34. The van der Waals surface area contributed by atoms with Gasteiger partial charge in [-0.15, -0.1) is 24.7 Å². The third kappa shape index (κ3) is 15.8. The van der Waals surface area contributed by atoms with Crippen molar-refractivity contribution in [3.05, 3.63) is 35.9 Å². The summed E-state index contributed by atoms with van der Waals surface area (Å²) in [7, 11) is -1.05. The number of likely N-dealkylation sites (N-methyl/N-ethyl adjacent to an activating group) is 2. The predicted octanol–water partition coefficient (Wildman–Crippen LogP) is 2.56. The molecule has 0 radical (unpaired) electrons. The van der Waals surface area contributed by atoms with Gasteiger partial charge in [0.15, 0.2) is 0 Å². The Morgan fingerprint density at radius 2 is 1.56 bits per heavy atom. The van der Waals surface area contributed by atoms with Crippen molar-refractivity contribution in [3.63, 3.8) is 0 Å². The molecule has 0 aromatic heterocycles. The molecule has 1 aromatic carbocycles. The lowest BCUT2D eigenvalue weighted by Gasteiger charge is -2.33. The molecule has 14 heteroatoms. The summed E-state index contributed by atoms with van der Waals surface area (Å²) in [6, 6.07) is 6.85. The number of hydrogen-bond acceptors (Lipinski definition) is 7. The van der Waals surface area contributed by atoms with E-state index < -0.39 is 71.5 Å². The van der Waals surface area contributed by atoms with Crippen LogP contribution in [0, 0.1) is 36.5 Å². The van der Waals surface area contributed by atoms with E-state index in [2.05, 4.69) is 22.5 Å². The zero-order chi connectivity index (χ0) is 36.1. The summed E-state index contributed by atoms with van der Waals surface area (Å²) in [6.07, 6.45) is 13.6. The van der Waals surface area contributed by atoms with Crippen LogP contribution in [-0.2, 0) is 26.0 Å². The minimum absolute atomic E-state index is 0.0286. The molecular formula is C34H51F3N4O6S. The van der Waals surface area contributed by atoms with Crippen LogP contribution in [0.15, 0.2) is 30.3 Å². The molecule has 0 bridgehead atoms. The summed E-state index contributed by atoms with van der Waals surface area (Å²) in [4.78, 5) is 28.5. The van der Waals surface area contributed by atoms with Crippen LogP contribution >= 0.6 is 0 Å². The third-order valence-electron chi connectivity index (χ3n) is 8.31. The number of aliphatic hydroxyl groups excluding tert-OH is 2. The molecule has 2 amide bonds. The molecule has 4 N–H and O–H groups in total. The number of amides is 2. The fraction of sp³-hybridized carbons (Fsp3) is 0.647. The molecule has 1 aliphatic rings. The van der Waals surface area contributed by atoms with Gasteiger partial charge in [0.05, 0.1) is 23.8 Å². The van der Waals surface area contributed by atoms with Gasteiger partial charge in [0.25, 0.3) is 0 Å². The smallest absolute Gasteiger partial charge is 0.243 e. The maximum Gasteiger partial charge on any atom is 0.243 e. The highest BCUT2D eigenvalue weighted by atomic mass is 32.2. The van der Waals surface area contributed by atoms with Crippen molar-refractivity contribution < 1.29 is 41.4 Å². The fourth-order valence-electron chi connectivity index (χ4n) is 5.49. The number of halogens is 3. The van der Waals surface area contributed by atoms with Crippen LogP contribution in [0.25, 0.3) is 0 Å². The highest BCUT2D eigenvalue weighted by Crippen LogP contribution is 2.28. The number of aliphatic hydroxyl groups is 2. The molecule has 0 heterocycles. The van der Waals surface area contributed by atoms with Crippen molar-refractivity contribution in [2.45, 2.75) is 82.1 Å². The Balaban J connectivity index is 0.00000369. The van der Waals surface area contributed by atoms with E-state index in [0.29, 0.717) is 6.42 Å². The van der Waals surface area contributed by atoms with Crippen LogP contribution in [0.1, 0.15) is 56.9 Å². The molecule has 2 rings (SSSR count). The quantitative estimate of drug-likeness (QED) is 0.129. The number of carbonyl (C=O) groups excluding carboxylic acids is 2. The first kappa shape index (κ1) is 42.9. The van der Waals surface area contributed by atoms with Gasteiger partial charge < -0.3 is 20.8 Å². The number of hydrogen-bond donors (Lipinski definition) is 4. The van der Waals surface area contributed by atoms with E-state index in [1.165, 1.54) is 19.0 Å². The zero-order valence-corrected chi connectivity index (χ0v) is 28.7. The van der Waals surface area contributed by atoms with Gasteiger partial charge in [-0.1, -0.05) is 62.4 Å². The number of nitrogens with zero attached hydrogens (tertiary/aromatic N) is 2. The van der Waals surface area contributed by atoms with Gasteiger partial charge in [0, 0.05) is 33.0 Å². The highest BCUT2D eigenvalue weighted by molar-refractivity contribution is 7.89. The maximum atomic E-state index is 13.7. The van der Waals surface area contributed by atoms with Crippen LogP contribution in [0.5, 0.6) is 0 Å². The summed E-state index contributed by atoms with van der Waals surface area (Å²) in [5.74, 6) is 2.01. The summed E-state index contributed by atoms with van der Waals surface area (Å²) < 4.78 is 59.8. The Morgan fingerprint density at radius 1 is 0.958 bits per heavy atom. The van der Waals surface area contributed by atoms with E-state index in [0.717, 1.165) is 42.0 Å². The molecule has 0 saturated heterocycles. The van der Waals surface area contributed by atoms with E-state index in [-0.39, 0.29) is 38.3 Å². The van der Waals surface area contributed by atoms with Gasteiger partial charge >= 0.3 is 0 Å². The SMILES string of the molecule is C#CCC(O)C(O)C(CC1CCCCC1)NC(=O)[C@H](CC#C)NC(=O)C(Cc1ccccc1)CS(=O)(=O)N(C)CCN(C)CF.FCF. The molecule has 0 spiro atoms. The van der Waals surface area contributed by atoms with Gasteiger partial charge in [-0.25, -0.2) is 25.9 Å². The van der Waals surface area contributed by atoms with Crippen LogP contribution in [0.4, 0.5) is 13.2 Å². The lowest BCUT2D eigenvalue weighted by molar-refractivity contribution is -0.132. The standard InChI is InChI=1S/C33H49FN4O6S.CH2F2/c1-5-13-28(33(42)36-29(31(40)30(39)14-6-2)22-26-17-11-8-12-18-26)35-32(41)27(21-25-15-9-7-10-16-25)23-45(43,44)38(4)20-19-37(3)24-34;2-1-3/h1-2,7,9-10,15-16,26-31,39-40H,8,11-14,17-24H2,3-4H3,(H,35,41)(H,36,42);1H2/t27?,28-,29?,30?,31?;/m0./s1. The van der Waals surface area contributed by atoms with E-state index in [1.54, 1.807) is 30.3 Å². The van der Waals surface area contributed by atoms with Gasteiger partial charge in [-0.3, -0.25) is 14.5 Å². The van der Waals surface area contributed by atoms with Gasteiger partial charge in [-0.05, 0) is 31.4 Å². The normalized spacial score (nSPS) is 16.7. The van der Waals surface area contributed by atoms with Gasteiger partial charge in [0.1, 0.15) is 18.9 Å². The van der Waals surface area contributed by atoms with Crippen molar-refractivity contribution in [3.8, 4) is 24.7 Å². The second-order valence-electron chi connectivity index (χ2n) is 12.1. The Labute approximate surface area is 283 Å². The van der Waals surface area contributed by atoms with Gasteiger partial charge in [-0.2, -0.15) is 0 Å². The Bertz CT molecular complexity index is 1270. The first-order chi connectivity index (χ1) is 22.8. The molecule has 0 aliphatic heterocycles. The molecule has 5 atom stereocenters. The van der Waals surface area contributed by atoms with Crippen molar-refractivity contribution in [1.82, 2.24) is 19.8 Å². The summed E-state index contributed by atoms with van der Waals surface area (Å²) in [6.45, 7) is -2.29.